The molecule has 2 aliphatic rings. The third-order valence-electron chi connectivity index (χ3n) is 6.45. The number of thioether (sulfide) groups is 1. The zero-order chi connectivity index (χ0) is 21.6. The van der Waals surface area contributed by atoms with Gasteiger partial charge >= 0.3 is 0 Å². The van der Waals surface area contributed by atoms with Crippen LogP contribution in [-0.4, -0.2) is 43.9 Å². The van der Waals surface area contributed by atoms with Crippen molar-refractivity contribution >= 4 is 29.0 Å². The maximum Gasteiger partial charge on any atom is 0.233 e. The van der Waals surface area contributed by atoms with E-state index in [9.17, 15) is 4.79 Å². The van der Waals surface area contributed by atoms with Crippen LogP contribution in [0.25, 0.3) is 16.4 Å². The van der Waals surface area contributed by atoms with Gasteiger partial charge in [0.2, 0.25) is 5.91 Å². The summed E-state index contributed by atoms with van der Waals surface area (Å²) in [5.41, 5.74) is 1.57. The molecule has 3 aromatic rings. The lowest BCUT2D eigenvalue weighted by Crippen LogP contribution is -2.38. The van der Waals surface area contributed by atoms with E-state index < -0.39 is 0 Å². The van der Waals surface area contributed by atoms with E-state index in [1.165, 1.54) is 18.2 Å². The standard InChI is InChI=1S/C24H28N4OS2/c1-23(2)12-18-13-24(3,15-23)16-27(18)20(29)14-31-22-26-25-21(19-10-7-11-30-19)28(22)17-8-5-4-6-9-17/h4-11,18H,12-16H2,1-3H3. The van der Waals surface area contributed by atoms with E-state index in [1.807, 2.05) is 29.6 Å². The Morgan fingerprint density at radius 2 is 1.94 bits per heavy atom. The molecule has 2 atom stereocenters. The molecule has 0 radical (unpaired) electrons. The lowest BCUT2D eigenvalue weighted by Gasteiger charge is -2.39. The molecule has 31 heavy (non-hydrogen) atoms. The van der Waals surface area contributed by atoms with Crippen LogP contribution in [0.15, 0.2) is 53.0 Å². The first-order chi connectivity index (χ1) is 14.8. The normalized spacial score (nSPS) is 24.5. The van der Waals surface area contributed by atoms with Crippen LogP contribution >= 0.6 is 23.1 Å². The molecule has 1 aliphatic carbocycles. The van der Waals surface area contributed by atoms with Gasteiger partial charge in [0.15, 0.2) is 11.0 Å². The molecule has 1 aliphatic heterocycles. The van der Waals surface area contributed by atoms with E-state index in [4.69, 9.17) is 0 Å². The molecule has 162 valence electrons. The number of aromatic nitrogens is 3. The second kappa shape index (κ2) is 7.78. The van der Waals surface area contributed by atoms with Crippen LogP contribution in [0.2, 0.25) is 0 Å². The Bertz CT molecular complexity index is 1080. The summed E-state index contributed by atoms with van der Waals surface area (Å²) in [6.07, 6.45) is 3.43. The summed E-state index contributed by atoms with van der Waals surface area (Å²) in [4.78, 5) is 16.5. The molecule has 5 rings (SSSR count). The molecule has 1 aromatic carbocycles. The molecule has 2 aromatic heterocycles. The van der Waals surface area contributed by atoms with Crippen LogP contribution in [0.1, 0.15) is 40.0 Å². The number of rotatable bonds is 5. The van der Waals surface area contributed by atoms with Gasteiger partial charge in [-0.05, 0) is 53.7 Å². The maximum absolute atomic E-state index is 13.2. The number of para-hydroxylation sites is 1. The highest BCUT2D eigenvalue weighted by molar-refractivity contribution is 7.99. The summed E-state index contributed by atoms with van der Waals surface area (Å²) < 4.78 is 2.07. The molecule has 1 amide bonds. The fourth-order valence-electron chi connectivity index (χ4n) is 5.70. The number of hydrogen-bond donors (Lipinski definition) is 0. The van der Waals surface area contributed by atoms with Gasteiger partial charge in [-0.25, -0.2) is 0 Å². The number of hydrogen-bond acceptors (Lipinski definition) is 5. The quantitative estimate of drug-likeness (QED) is 0.479. The van der Waals surface area contributed by atoms with Crippen molar-refractivity contribution in [2.45, 2.75) is 51.2 Å². The summed E-state index contributed by atoms with van der Waals surface area (Å²) in [5, 5.41) is 11.7. The van der Waals surface area contributed by atoms with E-state index in [0.29, 0.717) is 17.2 Å². The number of carbonyl (C=O) groups is 1. The van der Waals surface area contributed by atoms with Crippen molar-refractivity contribution in [3.63, 3.8) is 0 Å². The number of likely N-dealkylation sites (tertiary alicyclic amines) is 1. The predicted molar refractivity (Wildman–Crippen MR) is 127 cm³/mol. The molecule has 0 N–H and O–H groups in total. The van der Waals surface area contributed by atoms with Crippen molar-refractivity contribution in [1.82, 2.24) is 19.7 Å². The van der Waals surface area contributed by atoms with E-state index >= 15 is 0 Å². The lowest BCUT2D eigenvalue weighted by atomic mass is 9.65. The van der Waals surface area contributed by atoms with Gasteiger partial charge in [0.25, 0.3) is 0 Å². The number of amides is 1. The highest BCUT2D eigenvalue weighted by Crippen LogP contribution is 2.52. The second-order valence-corrected chi connectivity index (χ2v) is 11.9. The first kappa shape index (κ1) is 20.8. The zero-order valence-corrected chi connectivity index (χ0v) is 19.9. The van der Waals surface area contributed by atoms with Gasteiger partial charge in [0.1, 0.15) is 0 Å². The van der Waals surface area contributed by atoms with Crippen molar-refractivity contribution in [3.8, 4) is 16.4 Å². The van der Waals surface area contributed by atoms with Crippen molar-refractivity contribution in [2.24, 2.45) is 10.8 Å². The third-order valence-corrected chi connectivity index (χ3v) is 8.23. The first-order valence-corrected chi connectivity index (χ1v) is 12.7. The van der Waals surface area contributed by atoms with Crippen LogP contribution in [0.5, 0.6) is 0 Å². The van der Waals surface area contributed by atoms with E-state index in [0.717, 1.165) is 40.9 Å². The molecule has 7 heteroatoms. The third kappa shape index (κ3) is 4.05. The van der Waals surface area contributed by atoms with Gasteiger partial charge in [0.05, 0.1) is 10.6 Å². The van der Waals surface area contributed by atoms with Gasteiger partial charge in [-0.15, -0.1) is 21.5 Å². The topological polar surface area (TPSA) is 51.0 Å². The van der Waals surface area contributed by atoms with Crippen LogP contribution in [0.3, 0.4) is 0 Å². The van der Waals surface area contributed by atoms with Crippen molar-refractivity contribution in [3.05, 3.63) is 47.8 Å². The molecule has 2 fully saturated rings. The Morgan fingerprint density at radius 1 is 1.13 bits per heavy atom. The van der Waals surface area contributed by atoms with Crippen LogP contribution < -0.4 is 0 Å². The Hall–Kier alpha value is -2.12. The van der Waals surface area contributed by atoms with E-state index in [1.54, 1.807) is 11.3 Å². The van der Waals surface area contributed by atoms with Crippen LogP contribution in [-0.2, 0) is 4.79 Å². The molecule has 3 heterocycles. The summed E-state index contributed by atoms with van der Waals surface area (Å²) in [7, 11) is 0. The summed E-state index contributed by atoms with van der Waals surface area (Å²) in [6.45, 7) is 7.91. The van der Waals surface area contributed by atoms with Gasteiger partial charge < -0.3 is 4.90 Å². The number of fused-ring (bicyclic) bond motifs is 2. The van der Waals surface area contributed by atoms with E-state index in [2.05, 4.69) is 58.6 Å². The monoisotopic (exact) mass is 452 g/mol. The Kier molecular flexibility index (Phi) is 5.21. The highest BCUT2D eigenvalue weighted by Gasteiger charge is 2.50. The average Bonchev–Trinajstić information content (AvgIpc) is 3.43. The molecule has 1 saturated heterocycles. The maximum atomic E-state index is 13.2. The minimum Gasteiger partial charge on any atom is -0.338 e. The van der Waals surface area contributed by atoms with Crippen molar-refractivity contribution in [1.29, 1.82) is 0 Å². The molecule has 2 unspecified atom stereocenters. The predicted octanol–water partition coefficient (Wildman–Crippen LogP) is 5.52. The lowest BCUT2D eigenvalue weighted by molar-refractivity contribution is -0.129. The molecule has 1 saturated carbocycles. The van der Waals surface area contributed by atoms with Crippen molar-refractivity contribution < 1.29 is 4.79 Å². The minimum atomic E-state index is 0.219. The summed E-state index contributed by atoms with van der Waals surface area (Å²) >= 11 is 3.14. The minimum absolute atomic E-state index is 0.219. The molecule has 2 bridgehead atoms. The Balaban J connectivity index is 1.37. The highest BCUT2D eigenvalue weighted by atomic mass is 32.2. The second-order valence-electron chi connectivity index (χ2n) is 9.98. The number of nitrogens with zero attached hydrogens (tertiary/aromatic N) is 4. The Labute approximate surface area is 191 Å². The first-order valence-electron chi connectivity index (χ1n) is 10.8. The molecule has 0 spiro atoms. The van der Waals surface area contributed by atoms with Gasteiger partial charge in [-0.3, -0.25) is 9.36 Å². The largest absolute Gasteiger partial charge is 0.338 e. The van der Waals surface area contributed by atoms with Gasteiger partial charge in [-0.1, -0.05) is 56.8 Å². The molecular weight excluding hydrogens is 424 g/mol. The number of thiophene rings is 1. The van der Waals surface area contributed by atoms with Gasteiger partial charge in [0, 0.05) is 18.3 Å². The van der Waals surface area contributed by atoms with Crippen LogP contribution in [0, 0.1) is 10.8 Å². The zero-order valence-electron chi connectivity index (χ0n) is 18.2. The number of benzene rings is 1. The summed E-state index contributed by atoms with van der Waals surface area (Å²) in [6, 6.07) is 14.6. The molecule has 5 nitrogen and oxygen atoms in total. The van der Waals surface area contributed by atoms with Crippen molar-refractivity contribution in [2.75, 3.05) is 12.3 Å². The molecular formula is C24H28N4OS2. The summed E-state index contributed by atoms with van der Waals surface area (Å²) in [5.74, 6) is 1.43. The SMILES string of the molecule is CC1(C)CC2CC(C)(CN2C(=O)CSc2nnc(-c3cccs3)n2-c2ccccc2)C1. The van der Waals surface area contributed by atoms with Crippen LogP contribution in [0.4, 0.5) is 0 Å². The van der Waals surface area contributed by atoms with E-state index in [-0.39, 0.29) is 11.3 Å². The average molecular weight is 453 g/mol. The number of carbonyl (C=O) groups excluding carboxylic acids is 1. The smallest absolute Gasteiger partial charge is 0.233 e. The fraction of sp³-hybridized carbons (Fsp3) is 0.458. The fourth-order valence-corrected chi connectivity index (χ4v) is 7.24. The Morgan fingerprint density at radius 3 is 2.68 bits per heavy atom. The van der Waals surface area contributed by atoms with Gasteiger partial charge in [-0.2, -0.15) is 0 Å².